The molecule has 0 amide bonds. The van der Waals surface area contributed by atoms with Gasteiger partial charge in [-0.15, -0.1) is 45.3 Å². The van der Waals surface area contributed by atoms with Crippen LogP contribution in [0.1, 0.15) is 352 Å². The molecule has 0 radical (unpaired) electrons. The molecule has 3 aromatic carbocycles. The highest BCUT2D eigenvalue weighted by Gasteiger charge is 2.23. The zero-order valence-corrected chi connectivity index (χ0v) is 86.5. The molecule has 16 rings (SSSR count). The number of rotatable bonds is 8. The van der Waals surface area contributed by atoms with Crippen molar-refractivity contribution >= 4 is 141 Å². The first-order valence-electron chi connectivity index (χ1n) is 43.9. The molecule has 0 bridgehead atoms. The molecule has 0 unspecified atom stereocenters. The van der Waals surface area contributed by atoms with Gasteiger partial charge in [-0.1, -0.05) is 122 Å². The van der Waals surface area contributed by atoms with Crippen LogP contribution in [0.2, 0.25) is 0 Å². The lowest BCUT2D eigenvalue weighted by Gasteiger charge is -2.09. The predicted molar refractivity (Wildman–Crippen MR) is 534 cm³/mol. The highest BCUT2D eigenvalue weighted by molar-refractivity contribution is 7.20. The number of pyridine rings is 5. The van der Waals surface area contributed by atoms with E-state index in [4.69, 9.17) is 23.2 Å². The fourth-order valence-corrected chi connectivity index (χ4v) is 20.0. The third-order valence-electron chi connectivity index (χ3n) is 24.8. The summed E-state index contributed by atoms with van der Waals surface area (Å²) in [5.41, 5.74) is 43.1. The maximum absolute atomic E-state index is 5.98. The molecule has 0 aliphatic rings. The van der Waals surface area contributed by atoms with Crippen molar-refractivity contribution in [3.63, 3.8) is 0 Å². The number of thiazole rings is 5. The molecular formula is C104H139N11O3S5. The lowest BCUT2D eigenvalue weighted by Crippen LogP contribution is -1.92. The van der Waals surface area contributed by atoms with E-state index in [9.17, 15) is 0 Å². The first-order chi connectivity index (χ1) is 57.3. The average molecular weight is 1750 g/mol. The zero-order valence-electron chi connectivity index (χ0n) is 82.5. The Kier molecular flexibility index (Phi) is 31.9. The number of fused-ring (bicyclic) bond motifs is 8. The number of hydrogen-bond donors (Lipinski definition) is 0. The molecule has 13 aromatic heterocycles. The lowest BCUT2D eigenvalue weighted by molar-refractivity contribution is 0.500. The number of benzene rings is 3. The van der Waals surface area contributed by atoms with Crippen LogP contribution in [-0.2, 0) is 0 Å². The predicted octanol–water partition coefficient (Wildman–Crippen LogP) is 32.5. The Labute approximate surface area is 754 Å². The van der Waals surface area contributed by atoms with Gasteiger partial charge in [-0.25, -0.2) is 39.9 Å². The van der Waals surface area contributed by atoms with E-state index in [2.05, 4.69) is 334 Å². The van der Waals surface area contributed by atoms with Crippen LogP contribution in [0.3, 0.4) is 0 Å². The van der Waals surface area contributed by atoms with E-state index in [1.54, 1.807) is 34.0 Å². The third kappa shape index (κ3) is 20.9. The van der Waals surface area contributed by atoms with E-state index in [0.717, 1.165) is 112 Å². The second kappa shape index (κ2) is 39.9. The topological polar surface area (TPSA) is 181 Å². The van der Waals surface area contributed by atoms with Crippen molar-refractivity contribution in [1.82, 2.24) is 54.8 Å². The molecule has 0 fully saturated rings. The number of aryl methyl sites for hydroxylation is 19. The summed E-state index contributed by atoms with van der Waals surface area (Å²) in [6.07, 6.45) is 0. The maximum Gasteiger partial charge on any atom is 0.198 e. The number of aromatic nitrogens is 11. The highest BCUT2D eigenvalue weighted by Crippen LogP contribution is 2.41. The van der Waals surface area contributed by atoms with Crippen LogP contribution in [0.15, 0.2) is 25.4 Å². The molecule has 0 saturated heterocycles. The molecule has 16 aromatic rings. The van der Waals surface area contributed by atoms with E-state index in [1.807, 2.05) is 43.4 Å². The van der Waals surface area contributed by atoms with Crippen LogP contribution >= 0.6 is 56.7 Å². The molecular weight excluding hydrogens is 1610 g/mol. The molecule has 0 saturated carbocycles. The van der Waals surface area contributed by atoms with Crippen LogP contribution in [0.25, 0.3) is 84.4 Å². The van der Waals surface area contributed by atoms with E-state index in [1.165, 1.54) is 166 Å². The summed E-state index contributed by atoms with van der Waals surface area (Å²) in [5.74, 6) is 6.70. The first kappa shape index (κ1) is 98.2. The smallest absolute Gasteiger partial charge is 0.198 e. The van der Waals surface area contributed by atoms with E-state index < -0.39 is 0 Å². The van der Waals surface area contributed by atoms with Crippen molar-refractivity contribution in [2.24, 2.45) is 0 Å². The molecule has 0 N–H and O–H groups in total. The van der Waals surface area contributed by atoms with Gasteiger partial charge in [-0.2, -0.15) is 0 Å². The summed E-state index contributed by atoms with van der Waals surface area (Å²) in [7, 11) is 0. The number of hydrogen-bond acceptors (Lipinski definition) is 19. The van der Waals surface area contributed by atoms with Gasteiger partial charge in [0, 0.05) is 86.6 Å². The number of oxazole rings is 1. The normalized spacial score (nSPS) is 11.6. The SMILES string of the molecule is Cc1c(C)c(C)c2oc(C(C)C)cc2c1C.Cc1c(C)c(C)c2oc(C(C)C)nc2c1C.Cc1c(C)c(C)c2sc(C(C)C)nc2c1C.Cc1nc(C)c2nc(C(C)C)sc2c1C.Cc1nc(C)c2oc(C(C)C)cc2c1C.Cc1nc(C)c2sc(C(C)C)nc2c1C.Cc1nc2nc(C(C)C)sc2c(C)c1C.Cc1nc2sc(C(C)C)nc2c(C)c1C. The number of nitrogens with zero attached hydrogens (tertiary/aromatic N) is 11. The number of furan rings is 2. The van der Waals surface area contributed by atoms with Gasteiger partial charge in [-0.05, 0) is 305 Å². The molecule has 0 aliphatic carbocycles. The molecule has 0 aliphatic heterocycles. The van der Waals surface area contributed by atoms with Gasteiger partial charge in [0.25, 0.3) is 0 Å². The highest BCUT2D eigenvalue weighted by atomic mass is 32.1. The Hall–Kier alpha value is -8.59. The molecule has 19 heteroatoms. The summed E-state index contributed by atoms with van der Waals surface area (Å²) in [6.45, 7) is 92.0. The van der Waals surface area contributed by atoms with Gasteiger partial charge in [0.1, 0.15) is 38.5 Å². The minimum absolute atomic E-state index is 0.340. The lowest BCUT2D eigenvalue weighted by atomic mass is 9.96. The van der Waals surface area contributed by atoms with Crippen molar-refractivity contribution in [1.29, 1.82) is 0 Å². The Morgan fingerprint density at radius 1 is 0.203 bits per heavy atom. The molecule has 0 atom stereocenters. The van der Waals surface area contributed by atoms with Crippen LogP contribution in [-0.4, -0.2) is 54.8 Å². The Balaban J connectivity index is 0.000000159. The van der Waals surface area contributed by atoms with Crippen molar-refractivity contribution in [3.8, 4) is 0 Å². The van der Waals surface area contributed by atoms with Gasteiger partial charge in [0.2, 0.25) is 0 Å². The van der Waals surface area contributed by atoms with Crippen molar-refractivity contribution < 1.29 is 13.3 Å². The fraction of sp³-hybridized carbons (Fsp3) is 0.490. The quantitative estimate of drug-likeness (QED) is 0.140. The second-order valence-electron chi connectivity index (χ2n) is 36.5. The summed E-state index contributed by atoms with van der Waals surface area (Å²) < 4.78 is 22.9. The third-order valence-corrected chi connectivity index (χ3v) is 31.9. The van der Waals surface area contributed by atoms with Crippen LogP contribution in [0.4, 0.5) is 0 Å². The largest absolute Gasteiger partial charge is 0.461 e. The van der Waals surface area contributed by atoms with E-state index >= 15 is 0 Å². The van der Waals surface area contributed by atoms with Crippen molar-refractivity contribution in [2.45, 2.75) is 345 Å². The molecule has 658 valence electrons. The van der Waals surface area contributed by atoms with Gasteiger partial charge < -0.3 is 13.3 Å². The van der Waals surface area contributed by atoms with Crippen molar-refractivity contribution in [2.75, 3.05) is 0 Å². The zero-order chi connectivity index (χ0) is 91.9. The van der Waals surface area contributed by atoms with Gasteiger partial charge in [0.05, 0.1) is 72.0 Å². The fourth-order valence-electron chi connectivity index (χ4n) is 14.5. The standard InChI is InChI=1S/C15H20O.C14H19NO.C14H19NS.C13H17NO.4C12H16N2S/c1-8(2)14-7-13-11(5)9(3)10(4)12(6)15(13)16-14;2*1-7(2)14-15-12-10(5)8(3)9(4)11(6)13(12)16-14;1-7(2)12-6-11-8(3)9(4)14-10(5)13(11)15-12;1-6(2)12-14-10-9(5)13-8(4)7(3)11(10)15-12;1-6(2)12-14-10-7(3)8(4)13-9(5)11(10)15-12;1-6(2)12-14-11-10(15-12)8(4)7(3)9(5)13-11;1-6(2)11-14-10-8(4)7(3)9(5)13-12(10)15-11/h7-8H,1-6H3;2*7H,1-6H3;6-7H,1-5H3;4*6H,1-5H3. The Morgan fingerprint density at radius 3 is 1.07 bits per heavy atom. The molecule has 13 heterocycles. The minimum atomic E-state index is 0.340. The summed E-state index contributed by atoms with van der Waals surface area (Å²) in [6, 6.07) is 4.35. The van der Waals surface area contributed by atoms with Crippen molar-refractivity contribution in [3.05, 3.63) is 206 Å². The summed E-state index contributed by atoms with van der Waals surface area (Å²) in [5, 5.41) is 8.54. The molecule has 14 nitrogen and oxygen atoms in total. The van der Waals surface area contributed by atoms with Gasteiger partial charge in [-0.3, -0.25) is 15.0 Å². The molecule has 0 spiro atoms. The van der Waals surface area contributed by atoms with Gasteiger partial charge >= 0.3 is 0 Å². The minimum Gasteiger partial charge on any atom is -0.461 e. The van der Waals surface area contributed by atoms with E-state index in [0.29, 0.717) is 47.3 Å². The first-order valence-corrected chi connectivity index (χ1v) is 48.0. The second-order valence-corrected chi connectivity index (χ2v) is 41.6. The monoisotopic (exact) mass is 1750 g/mol. The van der Waals surface area contributed by atoms with Gasteiger partial charge in [0.15, 0.2) is 22.7 Å². The van der Waals surface area contributed by atoms with Crippen LogP contribution in [0.5, 0.6) is 0 Å². The Bertz CT molecular complexity index is 5860. The molecule has 123 heavy (non-hydrogen) atoms. The maximum atomic E-state index is 5.98. The van der Waals surface area contributed by atoms with Crippen LogP contribution < -0.4 is 0 Å². The van der Waals surface area contributed by atoms with Crippen LogP contribution in [0, 0.1) is 187 Å². The summed E-state index contributed by atoms with van der Waals surface area (Å²) >= 11 is 8.95. The Morgan fingerprint density at radius 2 is 0.553 bits per heavy atom. The van der Waals surface area contributed by atoms with E-state index in [-0.39, 0.29) is 0 Å². The average Bonchev–Trinajstić information content (AvgIpc) is 1.66. The summed E-state index contributed by atoms with van der Waals surface area (Å²) in [4.78, 5) is 51.8.